The zero-order valence-electron chi connectivity index (χ0n) is 22.7. The number of hydrogen-bond acceptors (Lipinski definition) is 5. The highest BCUT2D eigenvalue weighted by molar-refractivity contribution is 6.31. The van der Waals surface area contributed by atoms with Gasteiger partial charge >= 0.3 is 0 Å². The fraction of sp³-hybridized carbons (Fsp3) is 0.212. The number of halogens is 2. The van der Waals surface area contributed by atoms with E-state index in [0.717, 1.165) is 24.8 Å². The Bertz CT molecular complexity index is 1540. The van der Waals surface area contributed by atoms with Crippen molar-refractivity contribution in [2.75, 3.05) is 0 Å². The van der Waals surface area contributed by atoms with E-state index in [0.29, 0.717) is 33.3 Å². The van der Waals surface area contributed by atoms with Crippen molar-refractivity contribution >= 4 is 23.2 Å². The second-order valence-electron chi connectivity index (χ2n) is 9.72. The predicted molar refractivity (Wildman–Crippen MR) is 163 cm³/mol. The lowest BCUT2D eigenvalue weighted by atomic mass is 9.77. The molecule has 0 saturated heterocycles. The minimum atomic E-state index is -1.45. The van der Waals surface area contributed by atoms with Crippen LogP contribution in [0.1, 0.15) is 48.4 Å². The van der Waals surface area contributed by atoms with E-state index in [-0.39, 0.29) is 0 Å². The molecule has 0 bridgehead atoms. The second kappa shape index (κ2) is 14.0. The van der Waals surface area contributed by atoms with E-state index < -0.39 is 11.0 Å². The van der Waals surface area contributed by atoms with Gasteiger partial charge in [-0.1, -0.05) is 104 Å². The standard InChI is InChI=1S/C17H12Cl2N2O.C16H19N3/c18-14-7-5-12(6-8-14)17(22,13-9-20-11-21-10-13)15-3-1-2-4-16(15)19;1-2-3-9-16(12-17,13-19-11-10-18-14-19)15-7-5-4-6-8-15/h1-11,22H;4-8,10-11,14H,2-3,9,13H2,1H3. The van der Waals surface area contributed by atoms with Crippen LogP contribution in [0.15, 0.2) is 116 Å². The summed E-state index contributed by atoms with van der Waals surface area (Å²) in [6.45, 7) is 2.82. The molecule has 0 aliphatic carbocycles. The van der Waals surface area contributed by atoms with Crippen LogP contribution in [0, 0.1) is 11.3 Å². The summed E-state index contributed by atoms with van der Waals surface area (Å²) in [6.07, 6.45) is 13.0. The van der Waals surface area contributed by atoms with Gasteiger partial charge in [0.2, 0.25) is 0 Å². The maximum absolute atomic E-state index is 11.5. The van der Waals surface area contributed by atoms with Crippen molar-refractivity contribution in [3.63, 3.8) is 0 Å². The van der Waals surface area contributed by atoms with Gasteiger partial charge in [0.1, 0.15) is 17.3 Å². The molecule has 3 aromatic carbocycles. The third kappa shape index (κ3) is 7.01. The molecule has 2 unspecified atom stereocenters. The van der Waals surface area contributed by atoms with Gasteiger partial charge in [0.05, 0.1) is 12.4 Å². The fourth-order valence-electron chi connectivity index (χ4n) is 4.81. The number of nitrogens with zero attached hydrogens (tertiary/aromatic N) is 5. The monoisotopic (exact) mass is 583 g/mol. The third-order valence-electron chi connectivity index (χ3n) is 7.01. The molecule has 2 heterocycles. The van der Waals surface area contributed by atoms with Crippen molar-refractivity contribution in [1.82, 2.24) is 19.5 Å². The summed E-state index contributed by atoms with van der Waals surface area (Å²) < 4.78 is 1.99. The number of hydrogen-bond donors (Lipinski definition) is 1. The molecule has 0 amide bonds. The van der Waals surface area contributed by atoms with Crippen LogP contribution in [0.3, 0.4) is 0 Å². The molecule has 41 heavy (non-hydrogen) atoms. The molecule has 0 spiro atoms. The van der Waals surface area contributed by atoms with E-state index in [4.69, 9.17) is 23.2 Å². The van der Waals surface area contributed by atoms with Gasteiger partial charge in [0, 0.05) is 52.5 Å². The van der Waals surface area contributed by atoms with E-state index in [1.54, 1.807) is 61.3 Å². The number of unbranched alkanes of at least 4 members (excludes halogenated alkanes) is 1. The van der Waals surface area contributed by atoms with Gasteiger partial charge in [-0.05, 0) is 35.7 Å². The molecule has 0 saturated carbocycles. The molecule has 208 valence electrons. The first-order valence-corrected chi connectivity index (χ1v) is 14.1. The summed E-state index contributed by atoms with van der Waals surface area (Å²) in [6, 6.07) is 26.8. The zero-order valence-corrected chi connectivity index (χ0v) is 24.2. The number of aromatic nitrogens is 4. The summed E-state index contributed by atoms with van der Waals surface area (Å²) in [5.41, 5.74) is 0.918. The topological polar surface area (TPSA) is 87.6 Å². The average Bonchev–Trinajstić information content (AvgIpc) is 3.54. The van der Waals surface area contributed by atoms with Crippen molar-refractivity contribution in [3.8, 4) is 6.07 Å². The van der Waals surface area contributed by atoms with Gasteiger partial charge in [-0.3, -0.25) is 0 Å². The van der Waals surface area contributed by atoms with Crippen LogP contribution in [-0.2, 0) is 17.6 Å². The number of benzene rings is 3. The normalized spacial score (nSPS) is 13.6. The van der Waals surface area contributed by atoms with E-state index in [1.807, 2.05) is 41.1 Å². The minimum absolute atomic E-state index is 0.460. The molecule has 5 aromatic rings. The molecular formula is C33H31Cl2N5O. The second-order valence-corrected chi connectivity index (χ2v) is 10.6. The molecule has 2 atom stereocenters. The van der Waals surface area contributed by atoms with Gasteiger partial charge in [-0.25, -0.2) is 15.0 Å². The molecule has 0 aliphatic heterocycles. The van der Waals surface area contributed by atoms with Crippen molar-refractivity contribution in [3.05, 3.63) is 149 Å². The van der Waals surface area contributed by atoms with Crippen LogP contribution in [0.25, 0.3) is 0 Å². The lowest BCUT2D eigenvalue weighted by Gasteiger charge is -2.30. The fourth-order valence-corrected chi connectivity index (χ4v) is 5.21. The first-order chi connectivity index (χ1) is 19.9. The first kappa shape index (κ1) is 30.0. The van der Waals surface area contributed by atoms with Crippen molar-refractivity contribution in [2.24, 2.45) is 0 Å². The lowest BCUT2D eigenvalue weighted by molar-refractivity contribution is 0.125. The van der Waals surface area contributed by atoms with Gasteiger partial charge < -0.3 is 9.67 Å². The van der Waals surface area contributed by atoms with E-state index in [9.17, 15) is 10.4 Å². The van der Waals surface area contributed by atoms with Crippen LogP contribution in [0.2, 0.25) is 10.0 Å². The van der Waals surface area contributed by atoms with Crippen LogP contribution >= 0.6 is 23.2 Å². The Hall–Kier alpha value is -4.02. The maximum atomic E-state index is 11.5. The van der Waals surface area contributed by atoms with Crippen LogP contribution < -0.4 is 0 Å². The van der Waals surface area contributed by atoms with Crippen LogP contribution in [0.5, 0.6) is 0 Å². The van der Waals surface area contributed by atoms with Crippen molar-refractivity contribution < 1.29 is 5.11 Å². The Balaban J connectivity index is 0.000000191. The number of imidazole rings is 1. The maximum Gasteiger partial charge on any atom is 0.144 e. The van der Waals surface area contributed by atoms with Gasteiger partial charge in [0.15, 0.2) is 0 Å². The van der Waals surface area contributed by atoms with Gasteiger partial charge in [0.25, 0.3) is 0 Å². The van der Waals surface area contributed by atoms with Gasteiger partial charge in [-0.2, -0.15) is 5.26 Å². The highest BCUT2D eigenvalue weighted by Gasteiger charge is 2.36. The molecule has 1 N–H and O–H groups in total. The Kier molecular flexibility index (Phi) is 10.3. The molecule has 0 aliphatic rings. The quantitative estimate of drug-likeness (QED) is 0.193. The number of rotatable bonds is 9. The van der Waals surface area contributed by atoms with E-state index in [2.05, 4.69) is 40.1 Å². The number of aliphatic hydroxyl groups is 1. The largest absolute Gasteiger partial charge is 0.376 e. The molecule has 8 heteroatoms. The van der Waals surface area contributed by atoms with E-state index in [1.165, 1.54) is 6.33 Å². The molecule has 6 nitrogen and oxygen atoms in total. The first-order valence-electron chi connectivity index (χ1n) is 13.3. The Morgan fingerprint density at radius 3 is 2.15 bits per heavy atom. The lowest BCUT2D eigenvalue weighted by Crippen LogP contribution is -2.29. The Morgan fingerprint density at radius 2 is 1.54 bits per heavy atom. The van der Waals surface area contributed by atoms with Crippen molar-refractivity contribution in [2.45, 2.75) is 43.7 Å². The Morgan fingerprint density at radius 1 is 0.854 bits per heavy atom. The third-order valence-corrected chi connectivity index (χ3v) is 7.59. The van der Waals surface area contributed by atoms with Gasteiger partial charge in [-0.15, -0.1) is 0 Å². The molecule has 5 rings (SSSR count). The molecule has 0 radical (unpaired) electrons. The zero-order chi connectivity index (χ0) is 29.1. The summed E-state index contributed by atoms with van der Waals surface area (Å²) in [5, 5.41) is 22.3. The number of nitriles is 1. The summed E-state index contributed by atoms with van der Waals surface area (Å²) in [7, 11) is 0. The van der Waals surface area contributed by atoms with Crippen LogP contribution in [-0.4, -0.2) is 24.6 Å². The van der Waals surface area contributed by atoms with E-state index >= 15 is 0 Å². The van der Waals surface area contributed by atoms with Crippen LogP contribution in [0.4, 0.5) is 0 Å². The smallest absolute Gasteiger partial charge is 0.144 e. The minimum Gasteiger partial charge on any atom is -0.376 e. The summed E-state index contributed by atoms with van der Waals surface area (Å²) in [5.74, 6) is 0. The molecule has 0 fully saturated rings. The Labute approximate surface area is 250 Å². The summed E-state index contributed by atoms with van der Waals surface area (Å²) >= 11 is 12.3. The van der Waals surface area contributed by atoms with Crippen molar-refractivity contribution in [1.29, 1.82) is 5.26 Å². The predicted octanol–water partition coefficient (Wildman–Crippen LogP) is 7.60. The summed E-state index contributed by atoms with van der Waals surface area (Å²) in [4.78, 5) is 12.1. The highest BCUT2D eigenvalue weighted by atomic mass is 35.5. The average molecular weight is 585 g/mol. The SMILES string of the molecule is CCCCC(C#N)(Cn1ccnc1)c1ccccc1.OC(c1ccc(Cl)cc1)(c1cncnc1)c1ccccc1Cl. The molecule has 2 aromatic heterocycles. The molecular weight excluding hydrogens is 553 g/mol. The highest BCUT2D eigenvalue weighted by Crippen LogP contribution is 2.39.